The van der Waals surface area contributed by atoms with Gasteiger partial charge < -0.3 is 9.47 Å². The van der Waals surface area contributed by atoms with E-state index in [1.807, 2.05) is 0 Å². The topological polar surface area (TPSA) is 69.9 Å². The number of fused-ring (bicyclic) bond motifs is 1. The summed E-state index contributed by atoms with van der Waals surface area (Å²) in [5, 5.41) is 0. The summed E-state index contributed by atoms with van der Waals surface area (Å²) in [6.45, 7) is 1.98. The molecular weight excluding hydrogens is 260 g/mol. The molecule has 104 valence electrons. The van der Waals surface area contributed by atoms with Crippen LogP contribution >= 0.6 is 0 Å². The number of carbonyl (C=O) groups excluding carboxylic acids is 1. The number of esters is 1. The molecule has 0 bridgehead atoms. The van der Waals surface area contributed by atoms with E-state index in [1.54, 1.807) is 31.3 Å². The van der Waals surface area contributed by atoms with Crippen molar-refractivity contribution in [2.45, 2.75) is 6.92 Å². The number of hydrogen-bond acceptors (Lipinski definition) is 5. The van der Waals surface area contributed by atoms with Gasteiger partial charge >= 0.3 is 5.97 Å². The number of carbonyl (C=O) groups is 1. The van der Waals surface area contributed by atoms with Crippen molar-refractivity contribution in [1.29, 1.82) is 0 Å². The largest absolute Gasteiger partial charge is 0.480 e. The van der Waals surface area contributed by atoms with Gasteiger partial charge in [0, 0.05) is 12.3 Å². The molecule has 0 saturated heterocycles. The van der Waals surface area contributed by atoms with Gasteiger partial charge in [0.1, 0.15) is 11.2 Å². The van der Waals surface area contributed by atoms with Crippen molar-refractivity contribution in [3.63, 3.8) is 0 Å². The van der Waals surface area contributed by atoms with E-state index in [1.165, 1.54) is 23.7 Å². The van der Waals surface area contributed by atoms with E-state index in [4.69, 9.17) is 9.47 Å². The quantitative estimate of drug-likeness (QED) is 0.620. The van der Waals surface area contributed by atoms with Gasteiger partial charge in [0.2, 0.25) is 5.88 Å². The molecule has 0 radical (unpaired) electrons. The maximum Gasteiger partial charge on any atom is 0.330 e. The standard InChI is InChI=1S/C14H14N2O4/c1-3-20-12(17)8-7-10-13(19-2)15-11-6-4-5-9-16(11)14(10)18/h4-9H,3H2,1-2H3/b8-7-. The van der Waals surface area contributed by atoms with Crippen LogP contribution in [0.15, 0.2) is 35.3 Å². The van der Waals surface area contributed by atoms with E-state index >= 15 is 0 Å². The first kappa shape index (κ1) is 13.8. The molecule has 2 heterocycles. The molecule has 0 unspecified atom stereocenters. The van der Waals surface area contributed by atoms with Crippen molar-refractivity contribution < 1.29 is 14.3 Å². The molecule has 0 aliphatic carbocycles. The van der Waals surface area contributed by atoms with Crippen LogP contribution < -0.4 is 10.3 Å². The maximum absolute atomic E-state index is 12.3. The van der Waals surface area contributed by atoms with Gasteiger partial charge in [0.25, 0.3) is 5.56 Å². The molecule has 0 aromatic carbocycles. The van der Waals surface area contributed by atoms with Gasteiger partial charge in [-0.15, -0.1) is 0 Å². The van der Waals surface area contributed by atoms with E-state index in [9.17, 15) is 9.59 Å². The maximum atomic E-state index is 12.3. The third-order valence-electron chi connectivity index (χ3n) is 2.60. The molecule has 0 N–H and O–H groups in total. The molecule has 0 aliphatic heterocycles. The highest BCUT2D eigenvalue weighted by molar-refractivity contribution is 5.87. The van der Waals surface area contributed by atoms with Crippen LogP contribution in [0.25, 0.3) is 11.7 Å². The molecule has 2 rings (SSSR count). The molecule has 0 spiro atoms. The fraction of sp³-hybridized carbons (Fsp3) is 0.214. The minimum atomic E-state index is -0.521. The van der Waals surface area contributed by atoms with E-state index in [2.05, 4.69) is 4.98 Å². The van der Waals surface area contributed by atoms with E-state index < -0.39 is 5.97 Å². The normalized spacial score (nSPS) is 10.9. The van der Waals surface area contributed by atoms with Crippen LogP contribution in [0.2, 0.25) is 0 Å². The van der Waals surface area contributed by atoms with Gasteiger partial charge in [-0.05, 0) is 25.1 Å². The molecular formula is C14H14N2O4. The second-order valence-electron chi connectivity index (χ2n) is 3.85. The first-order valence-corrected chi connectivity index (χ1v) is 6.07. The molecule has 0 aliphatic rings. The van der Waals surface area contributed by atoms with Crippen LogP contribution in [0, 0.1) is 0 Å². The fourth-order valence-corrected chi connectivity index (χ4v) is 1.72. The Hall–Kier alpha value is -2.63. The summed E-state index contributed by atoms with van der Waals surface area (Å²) in [4.78, 5) is 27.8. The number of ether oxygens (including phenoxy) is 2. The third-order valence-corrected chi connectivity index (χ3v) is 2.60. The van der Waals surface area contributed by atoms with Crippen LogP contribution in [0.3, 0.4) is 0 Å². The molecule has 0 fully saturated rings. The van der Waals surface area contributed by atoms with Crippen LogP contribution in [-0.4, -0.2) is 29.1 Å². The lowest BCUT2D eigenvalue weighted by Crippen LogP contribution is -2.18. The highest BCUT2D eigenvalue weighted by atomic mass is 16.5. The van der Waals surface area contributed by atoms with E-state index in [0.29, 0.717) is 5.65 Å². The lowest BCUT2D eigenvalue weighted by Gasteiger charge is -2.06. The predicted octanol–water partition coefficient (Wildman–Crippen LogP) is 1.28. The SMILES string of the molecule is CCOC(=O)/C=C\c1c(OC)nc2ccccn2c1=O. The summed E-state index contributed by atoms with van der Waals surface area (Å²) in [5.74, 6) is -0.353. The van der Waals surface area contributed by atoms with Crippen LogP contribution in [0.5, 0.6) is 5.88 Å². The van der Waals surface area contributed by atoms with Crippen molar-refractivity contribution in [3.8, 4) is 5.88 Å². The zero-order valence-corrected chi connectivity index (χ0v) is 11.2. The summed E-state index contributed by atoms with van der Waals surface area (Å²) in [6.07, 6.45) is 4.14. The van der Waals surface area contributed by atoms with Gasteiger partial charge in [-0.3, -0.25) is 9.20 Å². The number of hydrogen-bond donors (Lipinski definition) is 0. The van der Waals surface area contributed by atoms with Crippen molar-refractivity contribution in [2.24, 2.45) is 0 Å². The van der Waals surface area contributed by atoms with E-state index in [0.717, 1.165) is 0 Å². The second-order valence-corrected chi connectivity index (χ2v) is 3.85. The number of pyridine rings is 1. The van der Waals surface area contributed by atoms with Crippen molar-refractivity contribution in [3.05, 3.63) is 46.4 Å². The average Bonchev–Trinajstić information content (AvgIpc) is 2.46. The minimum Gasteiger partial charge on any atom is -0.480 e. The average molecular weight is 274 g/mol. The summed E-state index contributed by atoms with van der Waals surface area (Å²) < 4.78 is 11.2. The summed E-state index contributed by atoms with van der Waals surface area (Å²) >= 11 is 0. The molecule has 2 aromatic rings. The van der Waals surface area contributed by atoms with Gasteiger partial charge in [0.05, 0.1) is 13.7 Å². The van der Waals surface area contributed by atoms with Gasteiger partial charge in [0.15, 0.2) is 0 Å². The molecule has 0 amide bonds. The van der Waals surface area contributed by atoms with Gasteiger partial charge in [-0.25, -0.2) is 4.79 Å². The Labute approximate surface area is 115 Å². The molecule has 0 atom stereocenters. The Balaban J connectivity index is 2.54. The second kappa shape index (κ2) is 6.01. The van der Waals surface area contributed by atoms with Crippen molar-refractivity contribution >= 4 is 17.7 Å². The highest BCUT2D eigenvalue weighted by Gasteiger charge is 2.11. The Morgan fingerprint density at radius 2 is 2.25 bits per heavy atom. The highest BCUT2D eigenvalue weighted by Crippen LogP contribution is 2.14. The smallest absolute Gasteiger partial charge is 0.330 e. The molecule has 20 heavy (non-hydrogen) atoms. The number of aromatic nitrogens is 2. The Morgan fingerprint density at radius 3 is 2.95 bits per heavy atom. The molecule has 6 nitrogen and oxygen atoms in total. The van der Waals surface area contributed by atoms with Crippen LogP contribution in [-0.2, 0) is 9.53 Å². The van der Waals surface area contributed by atoms with Crippen molar-refractivity contribution in [1.82, 2.24) is 9.38 Å². The summed E-state index contributed by atoms with van der Waals surface area (Å²) in [5.41, 5.74) is 0.361. The number of methoxy groups -OCH3 is 1. The lowest BCUT2D eigenvalue weighted by molar-refractivity contribution is -0.137. The Morgan fingerprint density at radius 1 is 1.45 bits per heavy atom. The van der Waals surface area contributed by atoms with E-state index in [-0.39, 0.29) is 23.6 Å². The zero-order chi connectivity index (χ0) is 14.5. The zero-order valence-electron chi connectivity index (χ0n) is 11.2. The first-order valence-electron chi connectivity index (χ1n) is 6.07. The van der Waals surface area contributed by atoms with Crippen molar-refractivity contribution in [2.75, 3.05) is 13.7 Å². The first-order chi connectivity index (χ1) is 9.67. The predicted molar refractivity (Wildman–Crippen MR) is 73.7 cm³/mol. The monoisotopic (exact) mass is 274 g/mol. The fourth-order valence-electron chi connectivity index (χ4n) is 1.72. The third kappa shape index (κ3) is 2.69. The Bertz CT molecular complexity index is 719. The molecule has 0 saturated carbocycles. The Kier molecular flexibility index (Phi) is 4.14. The van der Waals surface area contributed by atoms with Crippen LogP contribution in [0.1, 0.15) is 12.5 Å². The summed E-state index contributed by atoms with van der Waals surface area (Å²) in [6, 6.07) is 5.19. The summed E-state index contributed by atoms with van der Waals surface area (Å²) in [7, 11) is 1.42. The van der Waals surface area contributed by atoms with Gasteiger partial charge in [-0.2, -0.15) is 4.98 Å². The molecule has 6 heteroatoms. The minimum absolute atomic E-state index is 0.168. The lowest BCUT2D eigenvalue weighted by atomic mass is 10.2. The number of rotatable bonds is 4. The number of nitrogens with zero attached hydrogens (tertiary/aromatic N) is 2. The van der Waals surface area contributed by atoms with Gasteiger partial charge in [-0.1, -0.05) is 6.07 Å². The van der Waals surface area contributed by atoms with Crippen LogP contribution in [0.4, 0.5) is 0 Å². The molecule has 2 aromatic heterocycles.